The number of nitrogens with one attached hydrogen (secondary N) is 1. The molecule has 2 heterocycles. The van der Waals surface area contributed by atoms with Gasteiger partial charge >= 0.3 is 0 Å². The van der Waals surface area contributed by atoms with Crippen molar-refractivity contribution in [3.8, 4) is 0 Å². The van der Waals surface area contributed by atoms with E-state index in [1.807, 2.05) is 28.7 Å². The first-order chi connectivity index (χ1) is 8.11. The van der Waals surface area contributed by atoms with E-state index in [1.54, 1.807) is 0 Å². The number of hydrogen-bond acceptors (Lipinski definition) is 2. The van der Waals surface area contributed by atoms with Crippen molar-refractivity contribution < 1.29 is 4.79 Å². The van der Waals surface area contributed by atoms with E-state index < -0.39 is 0 Å². The highest BCUT2D eigenvalue weighted by atomic mass is 79.9. The highest BCUT2D eigenvalue weighted by molar-refractivity contribution is 9.10. The van der Waals surface area contributed by atoms with E-state index in [0.717, 1.165) is 36.3 Å². The molecule has 1 saturated heterocycles. The van der Waals surface area contributed by atoms with Crippen molar-refractivity contribution in [3.63, 3.8) is 0 Å². The van der Waals surface area contributed by atoms with Gasteiger partial charge in [0.25, 0.3) is 5.91 Å². The number of halogens is 2. The second kappa shape index (κ2) is 6.59. The van der Waals surface area contributed by atoms with Gasteiger partial charge in [-0.05, 0) is 35.8 Å². The molecule has 0 saturated carbocycles. The van der Waals surface area contributed by atoms with Crippen LogP contribution in [0.5, 0.6) is 0 Å². The van der Waals surface area contributed by atoms with Gasteiger partial charge in [-0.25, -0.2) is 0 Å². The highest BCUT2D eigenvalue weighted by Crippen LogP contribution is 2.17. The van der Waals surface area contributed by atoms with E-state index in [4.69, 9.17) is 0 Å². The molecule has 1 fully saturated rings. The van der Waals surface area contributed by atoms with Crippen LogP contribution < -0.4 is 5.32 Å². The van der Waals surface area contributed by atoms with Gasteiger partial charge in [0.2, 0.25) is 0 Å². The Labute approximate surface area is 122 Å². The molecule has 1 aromatic heterocycles. The molecule has 6 heteroatoms. The first-order valence-corrected chi connectivity index (χ1v) is 6.79. The maximum atomic E-state index is 12.4. The lowest BCUT2D eigenvalue weighted by atomic mass is 10.2. The molecule has 2 rings (SSSR count). The fourth-order valence-corrected chi connectivity index (χ4v) is 2.66. The van der Waals surface area contributed by atoms with Gasteiger partial charge in [0.05, 0.1) is 0 Å². The first-order valence-electron chi connectivity index (χ1n) is 6.00. The first kappa shape index (κ1) is 15.5. The maximum Gasteiger partial charge on any atom is 0.270 e. The quantitative estimate of drug-likeness (QED) is 0.898. The van der Waals surface area contributed by atoms with Gasteiger partial charge < -0.3 is 14.8 Å². The number of hydrogen-bond donors (Lipinski definition) is 1. The van der Waals surface area contributed by atoms with Gasteiger partial charge in [-0.15, -0.1) is 12.4 Å². The summed E-state index contributed by atoms with van der Waals surface area (Å²) in [6, 6.07) is 2.28. The number of carbonyl (C=O) groups is 1. The highest BCUT2D eigenvalue weighted by Gasteiger charge is 2.23. The van der Waals surface area contributed by atoms with Crippen LogP contribution in [0.3, 0.4) is 0 Å². The number of aryl methyl sites for hydroxylation is 1. The van der Waals surface area contributed by atoms with Gasteiger partial charge in [-0.1, -0.05) is 0 Å². The summed E-state index contributed by atoms with van der Waals surface area (Å²) in [7, 11) is 0. The Morgan fingerprint density at radius 1 is 1.61 bits per heavy atom. The monoisotopic (exact) mass is 335 g/mol. The Kier molecular flexibility index (Phi) is 5.69. The summed E-state index contributed by atoms with van der Waals surface area (Å²) in [6.07, 6.45) is 1.96. The smallest absolute Gasteiger partial charge is 0.270 e. The molecule has 1 N–H and O–H groups in total. The molecular formula is C12H19BrClN3O. The molecule has 0 bridgehead atoms. The number of aromatic nitrogens is 1. The van der Waals surface area contributed by atoms with E-state index in [2.05, 4.69) is 28.2 Å². The third-order valence-corrected chi connectivity index (χ3v) is 3.51. The third-order valence-electron chi connectivity index (χ3n) is 3.08. The average molecular weight is 337 g/mol. The van der Waals surface area contributed by atoms with Gasteiger partial charge in [-0.2, -0.15) is 0 Å². The van der Waals surface area contributed by atoms with Gasteiger partial charge in [-0.3, -0.25) is 4.79 Å². The number of carbonyl (C=O) groups excluding carboxylic acids is 1. The zero-order valence-corrected chi connectivity index (χ0v) is 13.1. The molecule has 0 spiro atoms. The molecular weight excluding hydrogens is 318 g/mol. The third kappa shape index (κ3) is 3.28. The maximum absolute atomic E-state index is 12.4. The van der Waals surface area contributed by atoms with Crippen molar-refractivity contribution >= 4 is 34.2 Å². The number of nitrogens with zero attached hydrogens (tertiary/aromatic N) is 2. The van der Waals surface area contributed by atoms with E-state index >= 15 is 0 Å². The molecule has 0 unspecified atom stereocenters. The molecule has 1 atom stereocenters. The van der Waals surface area contributed by atoms with Crippen LogP contribution in [0.15, 0.2) is 16.7 Å². The van der Waals surface area contributed by atoms with Crippen LogP contribution in [0.25, 0.3) is 0 Å². The molecule has 0 aromatic carbocycles. The number of rotatable bonds is 2. The van der Waals surface area contributed by atoms with Crippen molar-refractivity contribution in [3.05, 3.63) is 22.4 Å². The minimum Gasteiger partial charge on any atom is -0.343 e. The summed E-state index contributed by atoms with van der Waals surface area (Å²) in [4.78, 5) is 14.3. The van der Waals surface area contributed by atoms with Crippen LogP contribution in [0.2, 0.25) is 0 Å². The number of piperazine rings is 1. The molecule has 0 radical (unpaired) electrons. The average Bonchev–Trinajstić information content (AvgIpc) is 2.69. The number of amides is 1. The summed E-state index contributed by atoms with van der Waals surface area (Å²) in [5, 5.41) is 3.34. The molecule has 0 aliphatic carbocycles. The van der Waals surface area contributed by atoms with Gasteiger partial charge in [0, 0.05) is 42.9 Å². The summed E-state index contributed by atoms with van der Waals surface area (Å²) >= 11 is 3.42. The lowest BCUT2D eigenvalue weighted by molar-refractivity contribution is 0.0698. The molecule has 1 amide bonds. The van der Waals surface area contributed by atoms with Gasteiger partial charge in [0.1, 0.15) is 5.69 Å². The Morgan fingerprint density at radius 3 is 2.94 bits per heavy atom. The molecule has 1 aliphatic heterocycles. The van der Waals surface area contributed by atoms with Crippen LogP contribution in [0, 0.1) is 0 Å². The second-order valence-corrected chi connectivity index (χ2v) is 5.35. The Balaban J connectivity index is 0.00000162. The predicted octanol–water partition coefficient (Wildman–Crippen LogP) is 2.13. The lowest BCUT2D eigenvalue weighted by Gasteiger charge is -2.32. The predicted molar refractivity (Wildman–Crippen MR) is 78.4 cm³/mol. The second-order valence-electron chi connectivity index (χ2n) is 4.44. The van der Waals surface area contributed by atoms with Crippen molar-refractivity contribution in [1.29, 1.82) is 0 Å². The Morgan fingerprint density at radius 2 is 2.33 bits per heavy atom. The van der Waals surface area contributed by atoms with E-state index in [1.165, 1.54) is 0 Å². The van der Waals surface area contributed by atoms with E-state index in [9.17, 15) is 4.79 Å². The van der Waals surface area contributed by atoms with Crippen LogP contribution >= 0.6 is 28.3 Å². The van der Waals surface area contributed by atoms with Crippen LogP contribution in [0.1, 0.15) is 24.3 Å². The minimum atomic E-state index is 0. The van der Waals surface area contributed by atoms with Crippen LogP contribution in [0.4, 0.5) is 0 Å². The van der Waals surface area contributed by atoms with Crippen molar-refractivity contribution in [2.75, 3.05) is 19.6 Å². The van der Waals surface area contributed by atoms with Crippen LogP contribution in [-0.4, -0.2) is 41.1 Å². The van der Waals surface area contributed by atoms with E-state index in [-0.39, 0.29) is 18.3 Å². The minimum absolute atomic E-state index is 0. The molecule has 4 nitrogen and oxygen atoms in total. The van der Waals surface area contributed by atoms with Crippen molar-refractivity contribution in [1.82, 2.24) is 14.8 Å². The summed E-state index contributed by atoms with van der Waals surface area (Å²) < 4.78 is 2.95. The summed E-state index contributed by atoms with van der Waals surface area (Å²) in [5.41, 5.74) is 0.772. The SMILES string of the molecule is CCn1cc(Br)cc1C(=O)N1CCN[C@H](C)C1.Cl. The molecule has 1 aliphatic rings. The molecule has 1 aromatic rings. The largest absolute Gasteiger partial charge is 0.343 e. The summed E-state index contributed by atoms with van der Waals surface area (Å²) in [5.74, 6) is 0.130. The van der Waals surface area contributed by atoms with Crippen molar-refractivity contribution in [2.45, 2.75) is 26.4 Å². The summed E-state index contributed by atoms with van der Waals surface area (Å²) in [6.45, 7) is 7.41. The molecule has 18 heavy (non-hydrogen) atoms. The zero-order chi connectivity index (χ0) is 12.4. The van der Waals surface area contributed by atoms with Gasteiger partial charge in [0.15, 0.2) is 0 Å². The van der Waals surface area contributed by atoms with Crippen LogP contribution in [-0.2, 0) is 6.54 Å². The zero-order valence-electron chi connectivity index (χ0n) is 10.6. The normalized spacial score (nSPS) is 19.5. The fourth-order valence-electron chi connectivity index (χ4n) is 2.19. The van der Waals surface area contributed by atoms with Crippen molar-refractivity contribution in [2.24, 2.45) is 0 Å². The topological polar surface area (TPSA) is 37.3 Å². The Bertz CT molecular complexity index is 421. The fraction of sp³-hybridized carbons (Fsp3) is 0.583. The van der Waals surface area contributed by atoms with E-state index in [0.29, 0.717) is 6.04 Å². The Hall–Kier alpha value is -0.520. The lowest BCUT2D eigenvalue weighted by Crippen LogP contribution is -2.51. The standard InChI is InChI=1S/C12H18BrN3O.ClH/c1-3-15-8-10(13)6-11(15)12(17)16-5-4-14-9(2)7-16;/h6,8-9,14H,3-5,7H2,1-2H3;1H/t9-;/m1./s1. The molecule has 102 valence electrons.